The maximum Gasteiger partial charge on any atom is 0.129 e. The first-order valence-corrected chi connectivity index (χ1v) is 4.78. The van der Waals surface area contributed by atoms with Crippen LogP contribution in [0.1, 0.15) is 5.56 Å². The number of halogens is 2. The van der Waals surface area contributed by atoms with Crippen LogP contribution in [0, 0.1) is 5.82 Å². The van der Waals surface area contributed by atoms with Gasteiger partial charge in [-0.1, -0.05) is 22.0 Å². The maximum atomic E-state index is 12.7. The van der Waals surface area contributed by atoms with Crippen molar-refractivity contribution in [1.29, 1.82) is 0 Å². The van der Waals surface area contributed by atoms with Crippen molar-refractivity contribution < 1.29 is 20.0 Å². The first-order valence-electron chi connectivity index (χ1n) is 3.98. The Morgan fingerprint density at radius 3 is 2.79 bits per heavy atom. The van der Waals surface area contributed by atoms with Crippen LogP contribution in [0.4, 0.5) is 4.39 Å². The first kappa shape index (κ1) is 11.1. The maximum absolute atomic E-state index is 12.7. The molecule has 1 aromatic carbocycles. The van der Waals surface area contributed by atoms with Gasteiger partial charge in [-0.2, -0.15) is 0 Å². The molecule has 0 radical (unpaired) electrons. The van der Waals surface area contributed by atoms with Gasteiger partial charge in [-0.15, -0.1) is 0 Å². The Bertz CT molecular complexity index is 357. The van der Waals surface area contributed by atoms with Crippen LogP contribution in [0.3, 0.4) is 0 Å². The van der Waals surface area contributed by atoms with Gasteiger partial charge in [0.2, 0.25) is 0 Å². The second kappa shape index (κ2) is 4.52. The average molecular weight is 262 g/mol. The van der Waals surface area contributed by atoms with Crippen LogP contribution in [-0.4, -0.2) is 12.0 Å². The SMILES string of the molecule is [NH3+][C@@H](Cc1ccc(F)cc1Br)C(=O)[O-]. The number of carbonyl (C=O) groups excluding carboxylic acids is 1. The summed E-state index contributed by atoms with van der Waals surface area (Å²) < 4.78 is 13.2. The molecule has 0 aliphatic heterocycles. The topological polar surface area (TPSA) is 67.8 Å². The fourth-order valence-electron chi connectivity index (χ4n) is 1.04. The van der Waals surface area contributed by atoms with Gasteiger partial charge in [0.25, 0.3) is 0 Å². The molecule has 3 N–H and O–H groups in total. The zero-order valence-electron chi connectivity index (χ0n) is 7.30. The molecule has 1 atom stereocenters. The molecule has 0 aliphatic carbocycles. The van der Waals surface area contributed by atoms with Crippen molar-refractivity contribution in [2.75, 3.05) is 0 Å². The molecule has 14 heavy (non-hydrogen) atoms. The highest BCUT2D eigenvalue weighted by Gasteiger charge is 2.11. The lowest BCUT2D eigenvalue weighted by Crippen LogP contribution is -2.69. The zero-order valence-corrected chi connectivity index (χ0v) is 8.88. The highest BCUT2D eigenvalue weighted by molar-refractivity contribution is 9.10. The molecule has 76 valence electrons. The van der Waals surface area contributed by atoms with Crippen molar-refractivity contribution in [3.63, 3.8) is 0 Å². The quantitative estimate of drug-likeness (QED) is 0.797. The molecule has 0 spiro atoms. The smallest absolute Gasteiger partial charge is 0.129 e. The third kappa shape index (κ3) is 2.78. The highest BCUT2D eigenvalue weighted by atomic mass is 79.9. The molecule has 0 saturated heterocycles. The van der Waals surface area contributed by atoms with E-state index in [1.165, 1.54) is 18.2 Å². The van der Waals surface area contributed by atoms with Gasteiger partial charge in [0.05, 0.1) is 5.97 Å². The van der Waals surface area contributed by atoms with Crippen LogP contribution in [-0.2, 0) is 11.2 Å². The molecule has 1 aromatic rings. The number of quaternary nitrogens is 1. The molecule has 0 unspecified atom stereocenters. The molecule has 0 fully saturated rings. The first-order chi connectivity index (χ1) is 6.50. The number of benzene rings is 1. The summed E-state index contributed by atoms with van der Waals surface area (Å²) in [6, 6.07) is 3.27. The van der Waals surface area contributed by atoms with Gasteiger partial charge < -0.3 is 15.6 Å². The minimum absolute atomic E-state index is 0.225. The van der Waals surface area contributed by atoms with Crippen molar-refractivity contribution in [2.24, 2.45) is 0 Å². The third-order valence-corrected chi connectivity index (χ3v) is 2.55. The van der Waals surface area contributed by atoms with Crippen molar-refractivity contribution in [1.82, 2.24) is 0 Å². The molecule has 0 saturated carbocycles. The molecule has 5 heteroatoms. The Balaban J connectivity index is 2.82. The molecule has 1 rings (SSSR count). The third-order valence-electron chi connectivity index (χ3n) is 1.81. The number of rotatable bonds is 3. The summed E-state index contributed by atoms with van der Waals surface area (Å²) in [6.07, 6.45) is 0.225. The predicted octanol–water partition coefficient (Wildman–Crippen LogP) is -0.509. The van der Waals surface area contributed by atoms with Gasteiger partial charge in [0.1, 0.15) is 11.9 Å². The van der Waals surface area contributed by atoms with Crippen LogP contribution < -0.4 is 10.8 Å². The number of carboxylic acid groups (broad SMARTS) is 1. The fraction of sp³-hybridized carbons (Fsp3) is 0.222. The van der Waals surface area contributed by atoms with E-state index in [-0.39, 0.29) is 12.2 Å². The van der Waals surface area contributed by atoms with Gasteiger partial charge in [-0.3, -0.25) is 0 Å². The molecule has 0 heterocycles. The van der Waals surface area contributed by atoms with E-state index in [1.54, 1.807) is 0 Å². The number of carbonyl (C=O) groups is 1. The molecule has 0 amide bonds. The summed E-state index contributed by atoms with van der Waals surface area (Å²) in [5.74, 6) is -1.57. The lowest BCUT2D eigenvalue weighted by atomic mass is 10.1. The Morgan fingerprint density at radius 1 is 1.64 bits per heavy atom. The van der Waals surface area contributed by atoms with Crippen molar-refractivity contribution >= 4 is 21.9 Å². The molecule has 0 aromatic heterocycles. The van der Waals surface area contributed by atoms with Crippen molar-refractivity contribution in [3.8, 4) is 0 Å². The Morgan fingerprint density at radius 2 is 2.29 bits per heavy atom. The van der Waals surface area contributed by atoms with E-state index >= 15 is 0 Å². The standard InChI is InChI=1S/C9H9BrFNO2/c10-7-4-6(11)2-1-5(7)3-8(12)9(13)14/h1-2,4,8H,3,12H2,(H,13,14)/t8-/m0/s1. The van der Waals surface area contributed by atoms with Crippen LogP contribution >= 0.6 is 15.9 Å². The number of hydrogen-bond acceptors (Lipinski definition) is 2. The summed E-state index contributed by atoms with van der Waals surface area (Å²) in [5.41, 5.74) is 4.12. The lowest BCUT2D eigenvalue weighted by Gasteiger charge is -2.10. The van der Waals surface area contributed by atoms with Gasteiger partial charge in [-0.25, -0.2) is 4.39 Å². The predicted molar refractivity (Wildman–Crippen MR) is 49.5 cm³/mol. The largest absolute Gasteiger partial charge is 0.544 e. The second-order valence-electron chi connectivity index (χ2n) is 2.96. The Hall–Kier alpha value is -0.940. The monoisotopic (exact) mass is 261 g/mol. The normalized spacial score (nSPS) is 12.5. The van der Waals surface area contributed by atoms with E-state index in [9.17, 15) is 14.3 Å². The van der Waals surface area contributed by atoms with Crippen LogP contribution in [0.25, 0.3) is 0 Å². The summed E-state index contributed by atoms with van der Waals surface area (Å²) in [5, 5.41) is 10.4. The molecular weight excluding hydrogens is 253 g/mol. The Kier molecular flexibility index (Phi) is 3.60. The van der Waals surface area contributed by atoms with Crippen LogP contribution in [0.5, 0.6) is 0 Å². The number of carboxylic acids is 1. The van der Waals surface area contributed by atoms with E-state index in [0.717, 1.165) is 0 Å². The minimum Gasteiger partial charge on any atom is -0.544 e. The number of aliphatic carboxylic acids is 1. The average Bonchev–Trinajstić information content (AvgIpc) is 2.09. The summed E-state index contributed by atoms with van der Waals surface area (Å²) in [7, 11) is 0. The van der Waals surface area contributed by atoms with Crippen molar-refractivity contribution in [2.45, 2.75) is 12.5 Å². The van der Waals surface area contributed by atoms with E-state index in [2.05, 4.69) is 21.7 Å². The van der Waals surface area contributed by atoms with Gasteiger partial charge in [0.15, 0.2) is 0 Å². The van der Waals surface area contributed by atoms with E-state index in [0.29, 0.717) is 10.0 Å². The van der Waals surface area contributed by atoms with E-state index in [1.807, 2.05) is 0 Å². The summed E-state index contributed by atoms with van der Waals surface area (Å²) in [6.45, 7) is 0. The molecule has 0 bridgehead atoms. The summed E-state index contributed by atoms with van der Waals surface area (Å²) >= 11 is 3.14. The van der Waals surface area contributed by atoms with Gasteiger partial charge in [0, 0.05) is 10.9 Å². The van der Waals surface area contributed by atoms with E-state index < -0.39 is 12.0 Å². The molecule has 3 nitrogen and oxygen atoms in total. The van der Waals surface area contributed by atoms with E-state index in [4.69, 9.17) is 0 Å². The minimum atomic E-state index is -1.21. The van der Waals surface area contributed by atoms with Gasteiger partial charge in [-0.05, 0) is 17.7 Å². The lowest BCUT2D eigenvalue weighted by molar-refractivity contribution is -0.437. The fourth-order valence-corrected chi connectivity index (χ4v) is 1.55. The zero-order chi connectivity index (χ0) is 10.7. The van der Waals surface area contributed by atoms with Crippen LogP contribution in [0.15, 0.2) is 22.7 Å². The Labute approximate surface area is 88.9 Å². The van der Waals surface area contributed by atoms with Crippen LogP contribution in [0.2, 0.25) is 0 Å². The van der Waals surface area contributed by atoms with Gasteiger partial charge >= 0.3 is 0 Å². The summed E-state index contributed by atoms with van der Waals surface area (Å²) in [4.78, 5) is 10.4. The molecular formula is C9H9BrFNO2. The second-order valence-corrected chi connectivity index (χ2v) is 3.81. The number of hydrogen-bond donors (Lipinski definition) is 1. The van der Waals surface area contributed by atoms with Crippen molar-refractivity contribution in [3.05, 3.63) is 34.1 Å². The highest BCUT2D eigenvalue weighted by Crippen LogP contribution is 2.18. The molecule has 0 aliphatic rings.